The van der Waals surface area contributed by atoms with E-state index in [4.69, 9.17) is 0 Å². The molecule has 0 unspecified atom stereocenters. The van der Waals surface area contributed by atoms with Gasteiger partial charge in [0.1, 0.15) is 0 Å². The monoisotopic (exact) mass is 376 g/mol. The van der Waals surface area contributed by atoms with Gasteiger partial charge >= 0.3 is 0 Å². The van der Waals surface area contributed by atoms with Crippen molar-refractivity contribution >= 4 is 21.2 Å². The Kier molecular flexibility index (Phi) is 5.18. The lowest BCUT2D eigenvalue weighted by molar-refractivity contribution is 0.118. The zero-order valence-electron chi connectivity index (χ0n) is 15.8. The molecule has 1 saturated heterocycles. The molecular formula is C21H32N2O2S. The predicted octanol–water partition coefficient (Wildman–Crippen LogP) is 4.23. The Bertz CT molecular complexity index is 701. The van der Waals surface area contributed by atoms with Crippen LogP contribution in [0.2, 0.25) is 0 Å². The molecule has 1 aromatic rings. The highest BCUT2D eigenvalue weighted by Crippen LogP contribution is 2.47. The lowest BCUT2D eigenvalue weighted by Gasteiger charge is -2.43. The van der Waals surface area contributed by atoms with Crippen LogP contribution in [0.25, 0.3) is 0 Å². The molecule has 0 radical (unpaired) electrons. The lowest BCUT2D eigenvalue weighted by Crippen LogP contribution is -2.40. The van der Waals surface area contributed by atoms with Gasteiger partial charge in [0, 0.05) is 30.5 Å². The van der Waals surface area contributed by atoms with Gasteiger partial charge < -0.3 is 10.2 Å². The maximum absolute atomic E-state index is 11.6. The molecule has 2 aliphatic carbocycles. The van der Waals surface area contributed by atoms with Crippen LogP contribution in [0, 0.1) is 5.41 Å². The van der Waals surface area contributed by atoms with Gasteiger partial charge in [0.2, 0.25) is 0 Å². The summed E-state index contributed by atoms with van der Waals surface area (Å²) in [5, 5.41) is 3.75. The summed E-state index contributed by atoms with van der Waals surface area (Å²) in [5.41, 5.74) is 2.99. The molecule has 0 amide bonds. The van der Waals surface area contributed by atoms with Gasteiger partial charge in [-0.2, -0.15) is 0 Å². The second-order valence-electron chi connectivity index (χ2n) is 8.67. The van der Waals surface area contributed by atoms with Crippen LogP contribution in [0.3, 0.4) is 0 Å². The molecule has 5 heteroatoms. The van der Waals surface area contributed by atoms with Crippen LogP contribution in [0.1, 0.15) is 57.8 Å². The van der Waals surface area contributed by atoms with Gasteiger partial charge in [-0.1, -0.05) is 25.3 Å². The van der Waals surface area contributed by atoms with E-state index in [1.165, 1.54) is 63.5 Å². The molecule has 1 aliphatic heterocycles. The van der Waals surface area contributed by atoms with E-state index in [9.17, 15) is 8.42 Å². The van der Waals surface area contributed by atoms with E-state index < -0.39 is 9.84 Å². The third-order valence-electron chi connectivity index (χ3n) is 6.89. The molecule has 3 aliphatic rings. The Morgan fingerprint density at radius 1 is 0.962 bits per heavy atom. The van der Waals surface area contributed by atoms with E-state index in [0.29, 0.717) is 24.5 Å². The summed E-state index contributed by atoms with van der Waals surface area (Å²) in [4.78, 5) is 2.20. The maximum Gasteiger partial charge on any atom is 0.153 e. The molecule has 3 fully saturated rings. The maximum atomic E-state index is 11.6. The molecular weight excluding hydrogens is 344 g/mol. The van der Waals surface area contributed by atoms with Gasteiger partial charge in [0.25, 0.3) is 0 Å². The van der Waals surface area contributed by atoms with Crippen LogP contribution in [0.5, 0.6) is 0 Å². The smallest absolute Gasteiger partial charge is 0.153 e. The quantitative estimate of drug-likeness (QED) is 0.858. The number of benzene rings is 1. The van der Waals surface area contributed by atoms with Gasteiger partial charge in [0.15, 0.2) is 9.84 Å². The molecule has 144 valence electrons. The van der Waals surface area contributed by atoms with Crippen LogP contribution >= 0.6 is 0 Å². The molecule has 4 nitrogen and oxygen atoms in total. The topological polar surface area (TPSA) is 49.4 Å². The van der Waals surface area contributed by atoms with Crippen LogP contribution in [-0.4, -0.2) is 39.1 Å². The molecule has 0 atom stereocenters. The average Bonchev–Trinajstić information content (AvgIpc) is 2.65. The molecule has 0 bridgehead atoms. The molecule has 0 aromatic heterocycles. The molecule has 2 saturated carbocycles. The fourth-order valence-corrected chi connectivity index (χ4v) is 6.38. The lowest BCUT2D eigenvalue weighted by atomic mass is 9.64. The number of rotatable bonds is 3. The van der Waals surface area contributed by atoms with Gasteiger partial charge in [-0.15, -0.1) is 0 Å². The van der Waals surface area contributed by atoms with Crippen molar-refractivity contribution in [3.05, 3.63) is 24.3 Å². The van der Waals surface area contributed by atoms with Crippen molar-refractivity contribution in [2.45, 2.75) is 63.8 Å². The number of hydrogen-bond acceptors (Lipinski definition) is 4. The van der Waals surface area contributed by atoms with Gasteiger partial charge in [-0.25, -0.2) is 8.42 Å². The fourth-order valence-electron chi connectivity index (χ4n) is 5.18. The predicted molar refractivity (Wildman–Crippen MR) is 109 cm³/mol. The Labute approximate surface area is 158 Å². The minimum absolute atomic E-state index is 0.273. The normalized spacial score (nSPS) is 25.9. The second kappa shape index (κ2) is 7.41. The molecule has 1 spiro atoms. The first-order chi connectivity index (χ1) is 12.5. The first-order valence-corrected chi connectivity index (χ1v) is 12.2. The first-order valence-electron chi connectivity index (χ1n) is 10.4. The minimum Gasteiger partial charge on any atom is -0.382 e. The van der Waals surface area contributed by atoms with E-state index >= 15 is 0 Å². The van der Waals surface area contributed by atoms with Gasteiger partial charge in [-0.05, 0) is 62.1 Å². The van der Waals surface area contributed by atoms with Crippen molar-refractivity contribution in [3.63, 3.8) is 0 Å². The van der Waals surface area contributed by atoms with Crippen LogP contribution < -0.4 is 10.2 Å². The summed E-state index contributed by atoms with van der Waals surface area (Å²) in [6, 6.07) is 9.12. The molecule has 1 heterocycles. The highest BCUT2D eigenvalue weighted by atomic mass is 32.2. The van der Waals surface area contributed by atoms with Gasteiger partial charge in [0.05, 0.1) is 11.5 Å². The third-order valence-corrected chi connectivity index (χ3v) is 8.50. The highest BCUT2D eigenvalue weighted by molar-refractivity contribution is 7.91. The van der Waals surface area contributed by atoms with Crippen molar-refractivity contribution in [1.29, 1.82) is 0 Å². The largest absolute Gasteiger partial charge is 0.382 e. The second-order valence-corrected chi connectivity index (χ2v) is 11.0. The highest BCUT2D eigenvalue weighted by Gasteiger charge is 2.36. The number of hydrogen-bond donors (Lipinski definition) is 1. The van der Waals surface area contributed by atoms with Crippen molar-refractivity contribution < 1.29 is 8.42 Å². The number of anilines is 2. The summed E-state index contributed by atoms with van der Waals surface area (Å²) in [6.07, 6.45) is 12.5. The first kappa shape index (κ1) is 18.1. The summed E-state index contributed by atoms with van der Waals surface area (Å²) < 4.78 is 23.3. The summed E-state index contributed by atoms with van der Waals surface area (Å²) in [7, 11) is -2.83. The Balaban J connectivity index is 1.34. The van der Waals surface area contributed by atoms with E-state index in [1.807, 2.05) is 0 Å². The van der Waals surface area contributed by atoms with Crippen LogP contribution in [0.4, 0.5) is 11.4 Å². The Hall–Kier alpha value is -1.23. The van der Waals surface area contributed by atoms with Crippen LogP contribution in [-0.2, 0) is 9.84 Å². The number of nitrogens with zero attached hydrogens (tertiary/aromatic N) is 1. The molecule has 1 N–H and O–H groups in total. The summed E-state index contributed by atoms with van der Waals surface area (Å²) in [6.45, 7) is 1.22. The number of nitrogens with one attached hydrogen (secondary N) is 1. The Morgan fingerprint density at radius 3 is 2.35 bits per heavy atom. The SMILES string of the molecule is O=S1(=O)CCN(c2cccc(NC3CCC4(CCCCC4)CC3)c2)CC1. The van der Waals surface area contributed by atoms with E-state index in [-0.39, 0.29) is 11.5 Å². The van der Waals surface area contributed by atoms with Crippen molar-refractivity contribution in [3.8, 4) is 0 Å². The van der Waals surface area contributed by atoms with Crippen molar-refractivity contribution in [2.75, 3.05) is 34.8 Å². The minimum atomic E-state index is -2.83. The number of sulfone groups is 1. The molecule has 4 rings (SSSR count). The van der Waals surface area contributed by atoms with Crippen LogP contribution in [0.15, 0.2) is 24.3 Å². The average molecular weight is 377 g/mol. The fraction of sp³-hybridized carbons (Fsp3) is 0.714. The third kappa shape index (κ3) is 4.19. The summed E-state index contributed by atoms with van der Waals surface area (Å²) in [5.74, 6) is 0.546. The summed E-state index contributed by atoms with van der Waals surface area (Å²) >= 11 is 0. The van der Waals surface area contributed by atoms with E-state index in [2.05, 4.69) is 34.5 Å². The zero-order valence-corrected chi connectivity index (χ0v) is 16.6. The van der Waals surface area contributed by atoms with E-state index in [1.54, 1.807) is 0 Å². The van der Waals surface area contributed by atoms with E-state index in [0.717, 1.165) is 5.69 Å². The zero-order chi connectivity index (χ0) is 18.0. The Morgan fingerprint density at radius 2 is 1.65 bits per heavy atom. The molecule has 26 heavy (non-hydrogen) atoms. The van der Waals surface area contributed by atoms with Gasteiger partial charge in [-0.3, -0.25) is 0 Å². The molecule has 1 aromatic carbocycles. The van der Waals surface area contributed by atoms with Crippen molar-refractivity contribution in [1.82, 2.24) is 0 Å². The standard InChI is InChI=1S/C21H32N2O2S/c24-26(25)15-13-23(14-16-26)20-6-4-5-19(17-20)22-18-7-11-21(12-8-18)9-2-1-3-10-21/h4-6,17-18,22H,1-3,7-16H2. The van der Waals surface area contributed by atoms with Crippen molar-refractivity contribution in [2.24, 2.45) is 5.41 Å².